The van der Waals surface area contributed by atoms with Crippen molar-refractivity contribution in [1.82, 2.24) is 0 Å². The number of Topliss-reactive ketones (excluding diaryl/α,β-unsaturated/α-hetero) is 1. The van der Waals surface area contributed by atoms with Gasteiger partial charge in [-0.1, -0.05) is 17.7 Å². The van der Waals surface area contributed by atoms with Crippen LogP contribution in [0.2, 0.25) is 0 Å². The van der Waals surface area contributed by atoms with E-state index in [2.05, 4.69) is 5.32 Å². The van der Waals surface area contributed by atoms with Gasteiger partial charge in [0.1, 0.15) is 5.75 Å². The number of anilines is 1. The van der Waals surface area contributed by atoms with Gasteiger partial charge in [0.2, 0.25) is 0 Å². The van der Waals surface area contributed by atoms with Gasteiger partial charge in [-0.2, -0.15) is 0 Å². The maximum atomic E-state index is 12.2. The smallest absolute Gasteiger partial charge is 0.182 e. The van der Waals surface area contributed by atoms with Crippen molar-refractivity contribution >= 4 is 11.5 Å². The molecule has 3 nitrogen and oxygen atoms in total. The van der Waals surface area contributed by atoms with Gasteiger partial charge in [-0.25, -0.2) is 0 Å². The molecule has 2 rings (SSSR count). The van der Waals surface area contributed by atoms with Crippen LogP contribution in [0.5, 0.6) is 5.75 Å². The topological polar surface area (TPSA) is 38.3 Å². The molecule has 0 atom stereocenters. The van der Waals surface area contributed by atoms with E-state index in [1.165, 1.54) is 0 Å². The molecule has 0 unspecified atom stereocenters. The number of methoxy groups -OCH3 is 1. The molecule has 0 spiro atoms. The van der Waals surface area contributed by atoms with Crippen molar-refractivity contribution in [3.63, 3.8) is 0 Å². The first-order chi connectivity index (χ1) is 9.60. The van der Waals surface area contributed by atoms with Crippen LogP contribution in [0.25, 0.3) is 0 Å². The molecule has 0 aliphatic carbocycles. The Labute approximate surface area is 119 Å². The lowest BCUT2D eigenvalue weighted by atomic mass is 10.0. The van der Waals surface area contributed by atoms with Crippen LogP contribution in [-0.4, -0.2) is 19.4 Å². The van der Waals surface area contributed by atoms with E-state index in [4.69, 9.17) is 4.74 Å². The summed E-state index contributed by atoms with van der Waals surface area (Å²) in [4.78, 5) is 12.2. The number of nitrogens with one attached hydrogen (secondary N) is 1. The first-order valence-electron chi connectivity index (χ1n) is 6.58. The number of hydrogen-bond donors (Lipinski definition) is 1. The number of aryl methyl sites for hydroxylation is 2. The molecule has 0 radical (unpaired) electrons. The zero-order valence-corrected chi connectivity index (χ0v) is 12.1. The first kappa shape index (κ1) is 14.1. The SMILES string of the molecule is COc1ccc(NCC(=O)c2cc(C)ccc2C)cc1. The minimum absolute atomic E-state index is 0.0991. The fourth-order valence-electron chi connectivity index (χ4n) is 2.02. The van der Waals surface area contributed by atoms with Crippen LogP contribution in [0.15, 0.2) is 42.5 Å². The van der Waals surface area contributed by atoms with Crippen molar-refractivity contribution in [2.75, 3.05) is 19.0 Å². The van der Waals surface area contributed by atoms with Crippen molar-refractivity contribution < 1.29 is 9.53 Å². The fourth-order valence-corrected chi connectivity index (χ4v) is 2.02. The summed E-state index contributed by atoms with van der Waals surface area (Å²) in [6.07, 6.45) is 0. The molecule has 2 aromatic rings. The lowest BCUT2D eigenvalue weighted by Gasteiger charge is -2.09. The number of carbonyl (C=O) groups excluding carboxylic acids is 1. The van der Waals surface area contributed by atoms with E-state index in [0.717, 1.165) is 28.1 Å². The van der Waals surface area contributed by atoms with Crippen LogP contribution in [0.1, 0.15) is 21.5 Å². The van der Waals surface area contributed by atoms with Crippen LogP contribution >= 0.6 is 0 Å². The summed E-state index contributed by atoms with van der Waals surface area (Å²) in [5.74, 6) is 0.901. The summed E-state index contributed by atoms with van der Waals surface area (Å²) >= 11 is 0. The third-order valence-electron chi connectivity index (χ3n) is 3.24. The summed E-state index contributed by atoms with van der Waals surface area (Å²) in [7, 11) is 1.63. The van der Waals surface area contributed by atoms with Crippen LogP contribution in [-0.2, 0) is 0 Å². The lowest BCUT2D eigenvalue weighted by Crippen LogP contribution is -2.15. The Morgan fingerprint density at radius 1 is 1.10 bits per heavy atom. The molecular weight excluding hydrogens is 250 g/mol. The molecule has 0 fully saturated rings. The van der Waals surface area contributed by atoms with E-state index >= 15 is 0 Å². The van der Waals surface area contributed by atoms with Gasteiger partial charge in [-0.05, 0) is 49.7 Å². The average Bonchev–Trinajstić information content (AvgIpc) is 2.47. The summed E-state index contributed by atoms with van der Waals surface area (Å²) in [6, 6.07) is 13.5. The molecule has 3 heteroatoms. The third kappa shape index (κ3) is 3.38. The minimum atomic E-state index is 0.0991. The second-order valence-corrected chi connectivity index (χ2v) is 4.82. The summed E-state index contributed by atoms with van der Waals surface area (Å²) in [6.45, 7) is 4.24. The van der Waals surface area contributed by atoms with Gasteiger partial charge in [0.05, 0.1) is 13.7 Å². The van der Waals surface area contributed by atoms with Gasteiger partial charge in [-0.3, -0.25) is 4.79 Å². The predicted molar refractivity (Wildman–Crippen MR) is 81.7 cm³/mol. The van der Waals surface area contributed by atoms with E-state index in [0.29, 0.717) is 0 Å². The second-order valence-electron chi connectivity index (χ2n) is 4.82. The van der Waals surface area contributed by atoms with Gasteiger partial charge in [-0.15, -0.1) is 0 Å². The number of benzene rings is 2. The number of rotatable bonds is 5. The van der Waals surface area contributed by atoms with Crippen LogP contribution in [0.3, 0.4) is 0 Å². The third-order valence-corrected chi connectivity index (χ3v) is 3.24. The molecule has 1 N–H and O–H groups in total. The Kier molecular flexibility index (Phi) is 4.41. The summed E-state index contributed by atoms with van der Waals surface area (Å²) < 4.78 is 5.10. The molecule has 104 valence electrons. The summed E-state index contributed by atoms with van der Waals surface area (Å²) in [5.41, 5.74) is 3.80. The monoisotopic (exact) mass is 269 g/mol. The molecule has 0 saturated carbocycles. The fraction of sp³-hybridized carbons (Fsp3) is 0.235. The predicted octanol–water partition coefficient (Wildman–Crippen LogP) is 3.61. The molecule has 0 amide bonds. The molecule has 0 heterocycles. The lowest BCUT2D eigenvalue weighted by molar-refractivity contribution is 0.101. The number of ether oxygens (including phenoxy) is 1. The Morgan fingerprint density at radius 2 is 1.80 bits per heavy atom. The van der Waals surface area contributed by atoms with Crippen molar-refractivity contribution in [3.8, 4) is 5.75 Å². The Hall–Kier alpha value is -2.29. The van der Waals surface area contributed by atoms with E-state index in [9.17, 15) is 4.79 Å². The first-order valence-corrected chi connectivity index (χ1v) is 6.58. The Bertz CT molecular complexity index is 603. The van der Waals surface area contributed by atoms with Crippen molar-refractivity contribution in [3.05, 3.63) is 59.2 Å². The van der Waals surface area contributed by atoms with Gasteiger partial charge >= 0.3 is 0 Å². The number of hydrogen-bond acceptors (Lipinski definition) is 3. The second kappa shape index (κ2) is 6.24. The molecule has 0 bridgehead atoms. The van der Waals surface area contributed by atoms with Crippen molar-refractivity contribution in [2.45, 2.75) is 13.8 Å². The zero-order valence-electron chi connectivity index (χ0n) is 12.1. The highest BCUT2D eigenvalue weighted by atomic mass is 16.5. The van der Waals surface area contributed by atoms with Crippen molar-refractivity contribution in [1.29, 1.82) is 0 Å². The molecule has 0 aromatic heterocycles. The van der Waals surface area contributed by atoms with Crippen LogP contribution in [0.4, 0.5) is 5.69 Å². The highest BCUT2D eigenvalue weighted by Crippen LogP contribution is 2.16. The van der Waals surface area contributed by atoms with E-state index in [-0.39, 0.29) is 12.3 Å². The quantitative estimate of drug-likeness (QED) is 0.843. The van der Waals surface area contributed by atoms with Crippen molar-refractivity contribution in [2.24, 2.45) is 0 Å². The van der Waals surface area contributed by atoms with E-state index in [1.807, 2.05) is 56.3 Å². The largest absolute Gasteiger partial charge is 0.497 e. The standard InChI is InChI=1S/C17H19NO2/c1-12-4-5-13(2)16(10-12)17(19)11-18-14-6-8-15(20-3)9-7-14/h4-10,18H,11H2,1-3H3. The summed E-state index contributed by atoms with van der Waals surface area (Å²) in [5, 5.41) is 3.14. The number of ketones is 1. The van der Waals surface area contributed by atoms with Crippen LogP contribution in [0, 0.1) is 13.8 Å². The molecule has 0 aliphatic heterocycles. The van der Waals surface area contributed by atoms with Gasteiger partial charge in [0.15, 0.2) is 5.78 Å². The molecular formula is C17H19NO2. The molecule has 20 heavy (non-hydrogen) atoms. The molecule has 0 saturated heterocycles. The maximum absolute atomic E-state index is 12.2. The maximum Gasteiger partial charge on any atom is 0.182 e. The minimum Gasteiger partial charge on any atom is -0.497 e. The number of carbonyl (C=O) groups is 1. The Balaban J connectivity index is 2.02. The molecule has 2 aromatic carbocycles. The normalized spacial score (nSPS) is 10.2. The molecule has 0 aliphatic rings. The van der Waals surface area contributed by atoms with Crippen LogP contribution < -0.4 is 10.1 Å². The highest BCUT2D eigenvalue weighted by molar-refractivity contribution is 6.00. The van der Waals surface area contributed by atoms with E-state index in [1.54, 1.807) is 7.11 Å². The van der Waals surface area contributed by atoms with Gasteiger partial charge < -0.3 is 10.1 Å². The zero-order chi connectivity index (χ0) is 14.5. The van der Waals surface area contributed by atoms with Gasteiger partial charge in [0.25, 0.3) is 0 Å². The Morgan fingerprint density at radius 3 is 2.45 bits per heavy atom. The van der Waals surface area contributed by atoms with E-state index < -0.39 is 0 Å². The van der Waals surface area contributed by atoms with Gasteiger partial charge in [0, 0.05) is 11.3 Å². The highest BCUT2D eigenvalue weighted by Gasteiger charge is 2.09. The average molecular weight is 269 g/mol.